The molecule has 0 heterocycles. The summed E-state index contributed by atoms with van der Waals surface area (Å²) in [5.41, 5.74) is 3.41. The quantitative estimate of drug-likeness (QED) is 0.831. The second kappa shape index (κ2) is 8.32. The number of likely N-dealkylation sites (N-methyl/N-ethyl adjacent to an activating group) is 1. The molecule has 0 spiro atoms. The Hall–Kier alpha value is -2.40. The standard InChI is InChI=1S/C21H25FN2O2/c1-24(13-15-10-11-20(26-2)18(22)12-15)14-21(25)23-19-9-5-7-16-6-3-4-8-17(16)19/h3-4,6,8,10-12,19H,5,7,9,13-14H2,1-2H3,(H,23,25)/p+1/t19-/m0/s1. The van der Waals surface area contributed by atoms with Gasteiger partial charge in [0.25, 0.3) is 5.91 Å². The van der Waals surface area contributed by atoms with Gasteiger partial charge in [0.15, 0.2) is 18.1 Å². The molecule has 5 heteroatoms. The Balaban J connectivity index is 1.56. The molecule has 138 valence electrons. The Morgan fingerprint density at radius 1 is 1.31 bits per heavy atom. The SMILES string of the molecule is COc1ccc(C[NH+](C)CC(=O)N[C@H]2CCCc3ccccc32)cc1F. The third-order valence-electron chi connectivity index (χ3n) is 4.89. The van der Waals surface area contributed by atoms with Crippen LogP contribution in [0.1, 0.15) is 35.6 Å². The average molecular weight is 357 g/mol. The van der Waals surface area contributed by atoms with E-state index in [4.69, 9.17) is 4.74 Å². The van der Waals surface area contributed by atoms with E-state index in [1.54, 1.807) is 6.07 Å². The van der Waals surface area contributed by atoms with Crippen LogP contribution in [0.4, 0.5) is 4.39 Å². The predicted molar refractivity (Wildman–Crippen MR) is 98.7 cm³/mol. The number of aryl methyl sites for hydroxylation is 1. The molecule has 0 saturated carbocycles. The second-order valence-corrected chi connectivity index (χ2v) is 6.99. The first-order valence-electron chi connectivity index (χ1n) is 9.07. The predicted octanol–water partition coefficient (Wildman–Crippen LogP) is 2.04. The number of ether oxygens (including phenoxy) is 1. The summed E-state index contributed by atoms with van der Waals surface area (Å²) in [6.07, 6.45) is 3.15. The Morgan fingerprint density at radius 2 is 2.12 bits per heavy atom. The first-order chi connectivity index (χ1) is 12.6. The summed E-state index contributed by atoms with van der Waals surface area (Å²) in [6, 6.07) is 13.3. The number of halogens is 1. The van der Waals surface area contributed by atoms with Gasteiger partial charge in [0.1, 0.15) is 6.54 Å². The van der Waals surface area contributed by atoms with Crippen molar-refractivity contribution in [3.63, 3.8) is 0 Å². The van der Waals surface area contributed by atoms with Crippen molar-refractivity contribution in [1.29, 1.82) is 0 Å². The number of hydrogen-bond donors (Lipinski definition) is 2. The molecular formula is C21H26FN2O2+. The van der Waals surface area contributed by atoms with Gasteiger partial charge >= 0.3 is 0 Å². The molecule has 2 N–H and O–H groups in total. The van der Waals surface area contributed by atoms with Crippen molar-refractivity contribution in [1.82, 2.24) is 5.32 Å². The number of benzene rings is 2. The van der Waals surface area contributed by atoms with Crippen LogP contribution in [0.3, 0.4) is 0 Å². The molecule has 4 nitrogen and oxygen atoms in total. The van der Waals surface area contributed by atoms with Crippen LogP contribution >= 0.6 is 0 Å². The summed E-state index contributed by atoms with van der Waals surface area (Å²) in [7, 11) is 3.39. The monoisotopic (exact) mass is 357 g/mol. The van der Waals surface area contributed by atoms with Crippen LogP contribution < -0.4 is 15.0 Å². The third kappa shape index (κ3) is 4.41. The molecule has 0 radical (unpaired) electrons. The molecule has 0 fully saturated rings. The number of methoxy groups -OCH3 is 1. The van der Waals surface area contributed by atoms with E-state index in [-0.39, 0.29) is 23.5 Å². The summed E-state index contributed by atoms with van der Waals surface area (Å²) in [5.74, 6) is -0.112. The average Bonchev–Trinajstić information content (AvgIpc) is 2.62. The van der Waals surface area contributed by atoms with Crippen molar-refractivity contribution >= 4 is 5.91 Å². The van der Waals surface area contributed by atoms with E-state index in [2.05, 4.69) is 23.5 Å². The fourth-order valence-electron chi connectivity index (χ4n) is 3.65. The van der Waals surface area contributed by atoms with Gasteiger partial charge < -0.3 is 15.0 Å². The van der Waals surface area contributed by atoms with Gasteiger partial charge in [0.05, 0.1) is 20.2 Å². The van der Waals surface area contributed by atoms with Gasteiger partial charge in [-0.15, -0.1) is 0 Å². The fraction of sp³-hybridized carbons (Fsp3) is 0.381. The minimum atomic E-state index is -0.374. The number of carbonyl (C=O) groups is 1. The number of quaternary nitrogens is 1. The summed E-state index contributed by atoms with van der Waals surface area (Å²) in [5, 5.41) is 3.17. The highest BCUT2D eigenvalue weighted by atomic mass is 19.1. The van der Waals surface area contributed by atoms with E-state index in [1.807, 2.05) is 19.2 Å². The Kier molecular flexibility index (Phi) is 5.89. The Bertz CT molecular complexity index is 778. The number of fused-ring (bicyclic) bond motifs is 1. The van der Waals surface area contributed by atoms with Gasteiger partial charge in [-0.05, 0) is 48.6 Å². The molecule has 1 aliphatic carbocycles. The van der Waals surface area contributed by atoms with Crippen molar-refractivity contribution in [2.24, 2.45) is 0 Å². The number of rotatable bonds is 6. The van der Waals surface area contributed by atoms with Crippen molar-refractivity contribution < 1.29 is 18.8 Å². The molecule has 1 unspecified atom stereocenters. The van der Waals surface area contributed by atoms with E-state index < -0.39 is 0 Å². The van der Waals surface area contributed by atoms with E-state index in [1.165, 1.54) is 24.3 Å². The van der Waals surface area contributed by atoms with Crippen LogP contribution in [0.2, 0.25) is 0 Å². The van der Waals surface area contributed by atoms with E-state index in [0.29, 0.717) is 13.1 Å². The lowest BCUT2D eigenvalue weighted by atomic mass is 9.88. The van der Waals surface area contributed by atoms with E-state index >= 15 is 0 Å². The molecule has 26 heavy (non-hydrogen) atoms. The van der Waals surface area contributed by atoms with Crippen LogP contribution in [0.5, 0.6) is 5.75 Å². The molecule has 2 aromatic carbocycles. The van der Waals surface area contributed by atoms with Crippen molar-refractivity contribution in [2.45, 2.75) is 31.8 Å². The summed E-state index contributed by atoms with van der Waals surface area (Å²) < 4.78 is 18.7. The first-order valence-corrected chi connectivity index (χ1v) is 9.07. The largest absolute Gasteiger partial charge is 0.494 e. The normalized spacial score (nSPS) is 17.3. The maximum Gasteiger partial charge on any atom is 0.275 e. The second-order valence-electron chi connectivity index (χ2n) is 6.99. The Labute approximate surface area is 154 Å². The van der Waals surface area contributed by atoms with Crippen LogP contribution in [-0.2, 0) is 17.8 Å². The molecule has 0 bridgehead atoms. The molecule has 2 atom stereocenters. The molecule has 3 rings (SSSR count). The molecule has 0 saturated heterocycles. The van der Waals surface area contributed by atoms with Gasteiger partial charge in [-0.3, -0.25) is 4.79 Å². The van der Waals surface area contributed by atoms with Gasteiger partial charge in [0.2, 0.25) is 0 Å². The highest BCUT2D eigenvalue weighted by Crippen LogP contribution is 2.29. The minimum absolute atomic E-state index is 0.0261. The Morgan fingerprint density at radius 3 is 2.88 bits per heavy atom. The number of carbonyl (C=O) groups excluding carboxylic acids is 1. The first kappa shape index (κ1) is 18.4. The zero-order chi connectivity index (χ0) is 18.5. The molecular weight excluding hydrogens is 331 g/mol. The highest BCUT2D eigenvalue weighted by molar-refractivity contribution is 5.77. The maximum atomic E-state index is 13.8. The highest BCUT2D eigenvalue weighted by Gasteiger charge is 2.22. The van der Waals surface area contributed by atoms with Crippen LogP contribution in [-0.4, -0.2) is 26.6 Å². The van der Waals surface area contributed by atoms with Gasteiger partial charge in [-0.25, -0.2) is 4.39 Å². The summed E-state index contributed by atoms with van der Waals surface area (Å²) in [6.45, 7) is 0.932. The minimum Gasteiger partial charge on any atom is -0.494 e. The molecule has 0 aromatic heterocycles. The number of nitrogens with one attached hydrogen (secondary N) is 2. The third-order valence-corrected chi connectivity index (χ3v) is 4.89. The summed E-state index contributed by atoms with van der Waals surface area (Å²) >= 11 is 0. The zero-order valence-corrected chi connectivity index (χ0v) is 15.3. The maximum absolute atomic E-state index is 13.8. The molecule has 0 aliphatic heterocycles. The summed E-state index contributed by atoms with van der Waals surface area (Å²) in [4.78, 5) is 13.5. The smallest absolute Gasteiger partial charge is 0.275 e. The van der Waals surface area contributed by atoms with Gasteiger partial charge in [0, 0.05) is 5.56 Å². The topological polar surface area (TPSA) is 42.8 Å². The van der Waals surface area contributed by atoms with Gasteiger partial charge in [-0.2, -0.15) is 0 Å². The van der Waals surface area contributed by atoms with Crippen LogP contribution in [0, 0.1) is 5.82 Å². The van der Waals surface area contributed by atoms with E-state index in [0.717, 1.165) is 29.7 Å². The molecule has 1 amide bonds. The van der Waals surface area contributed by atoms with Crippen LogP contribution in [0.15, 0.2) is 42.5 Å². The number of amides is 1. The fourth-order valence-corrected chi connectivity index (χ4v) is 3.65. The zero-order valence-electron chi connectivity index (χ0n) is 15.3. The molecule has 2 aromatic rings. The van der Waals surface area contributed by atoms with Crippen LogP contribution in [0.25, 0.3) is 0 Å². The lowest BCUT2D eigenvalue weighted by Gasteiger charge is -2.26. The lowest BCUT2D eigenvalue weighted by molar-refractivity contribution is -0.885. The van der Waals surface area contributed by atoms with Gasteiger partial charge in [-0.1, -0.05) is 24.3 Å². The number of hydrogen-bond acceptors (Lipinski definition) is 2. The van der Waals surface area contributed by atoms with Crippen molar-refractivity contribution in [3.8, 4) is 5.75 Å². The van der Waals surface area contributed by atoms with Crippen molar-refractivity contribution in [3.05, 3.63) is 65.0 Å². The van der Waals surface area contributed by atoms with E-state index in [9.17, 15) is 9.18 Å². The van der Waals surface area contributed by atoms with Crippen molar-refractivity contribution in [2.75, 3.05) is 20.7 Å². The molecule has 1 aliphatic rings. The lowest BCUT2D eigenvalue weighted by Crippen LogP contribution is -3.08.